The van der Waals surface area contributed by atoms with Crippen LogP contribution in [0.1, 0.15) is 0 Å². The van der Waals surface area contributed by atoms with Gasteiger partial charge in [-0.15, -0.1) is 0 Å². The maximum Gasteiger partial charge on any atom is 0.428 e. The predicted octanol–water partition coefficient (Wildman–Crippen LogP) is 1.11. The Morgan fingerprint density at radius 1 is 1.73 bits per heavy atom. The zero-order valence-corrected chi connectivity index (χ0v) is 6.06. The fourth-order valence-corrected chi connectivity index (χ4v) is 0.598. The molecule has 0 aliphatic heterocycles. The molecule has 0 aliphatic carbocycles. The molecule has 1 aromatic heterocycles. The summed E-state index contributed by atoms with van der Waals surface area (Å²) in [5, 5.41) is 8.37. The van der Waals surface area contributed by atoms with Crippen molar-refractivity contribution in [2.45, 2.75) is 0 Å². The molecule has 0 unspecified atom stereocenters. The van der Waals surface area contributed by atoms with Crippen LogP contribution in [0.5, 0.6) is 0 Å². The number of carboxylic acid groups (broad SMARTS) is 1. The maximum atomic E-state index is 10.2. The molecule has 0 fully saturated rings. The first-order chi connectivity index (χ1) is 5.22. The molecule has 0 atom stereocenters. The van der Waals surface area contributed by atoms with Gasteiger partial charge in [0.1, 0.15) is 6.33 Å². The molecule has 0 radical (unpaired) electrons. The van der Waals surface area contributed by atoms with E-state index in [1.54, 1.807) is 0 Å². The van der Waals surface area contributed by atoms with Gasteiger partial charge in [-0.05, 0) is 0 Å². The average molecular weight is 174 g/mol. The standard InChI is InChI=1S/C5H4ClN3O2/c6-9(5(10)11)4-1-2-7-3-8-4/h1-3H,(H,10,11). The van der Waals surface area contributed by atoms with Gasteiger partial charge in [0, 0.05) is 24.0 Å². The molecule has 1 amide bonds. The van der Waals surface area contributed by atoms with E-state index in [1.165, 1.54) is 18.6 Å². The molecule has 5 nitrogen and oxygen atoms in total. The second kappa shape index (κ2) is 3.16. The number of hydrogen-bond donors (Lipinski definition) is 1. The van der Waals surface area contributed by atoms with Gasteiger partial charge < -0.3 is 5.11 Å². The van der Waals surface area contributed by atoms with Crippen molar-refractivity contribution in [3.05, 3.63) is 18.6 Å². The van der Waals surface area contributed by atoms with Crippen LogP contribution in [0.25, 0.3) is 0 Å². The molecular formula is C5H4ClN3O2. The van der Waals surface area contributed by atoms with E-state index in [0.29, 0.717) is 4.42 Å². The monoisotopic (exact) mass is 173 g/mol. The normalized spacial score (nSPS) is 9.18. The molecule has 1 heterocycles. The first-order valence-electron chi connectivity index (χ1n) is 2.66. The van der Waals surface area contributed by atoms with Crippen LogP contribution in [0.15, 0.2) is 18.6 Å². The number of aromatic nitrogens is 2. The zero-order chi connectivity index (χ0) is 8.27. The predicted molar refractivity (Wildman–Crippen MR) is 38.4 cm³/mol. The van der Waals surface area contributed by atoms with E-state index in [9.17, 15) is 4.79 Å². The smallest absolute Gasteiger partial charge is 0.428 e. The Balaban J connectivity index is 2.85. The number of halogens is 1. The molecule has 0 spiro atoms. The topological polar surface area (TPSA) is 66.3 Å². The largest absolute Gasteiger partial charge is 0.464 e. The van der Waals surface area contributed by atoms with E-state index >= 15 is 0 Å². The van der Waals surface area contributed by atoms with E-state index in [4.69, 9.17) is 16.9 Å². The van der Waals surface area contributed by atoms with E-state index in [2.05, 4.69) is 9.97 Å². The second-order valence-electron chi connectivity index (χ2n) is 1.63. The zero-order valence-electron chi connectivity index (χ0n) is 5.31. The van der Waals surface area contributed by atoms with Crippen molar-refractivity contribution in [2.24, 2.45) is 0 Å². The van der Waals surface area contributed by atoms with Crippen LogP contribution < -0.4 is 4.42 Å². The van der Waals surface area contributed by atoms with E-state index in [1.807, 2.05) is 0 Å². The van der Waals surface area contributed by atoms with Crippen LogP contribution in [-0.4, -0.2) is 21.2 Å². The van der Waals surface area contributed by atoms with E-state index in [-0.39, 0.29) is 5.82 Å². The van der Waals surface area contributed by atoms with Crippen LogP contribution in [0.2, 0.25) is 0 Å². The van der Waals surface area contributed by atoms with Crippen molar-refractivity contribution in [3.8, 4) is 0 Å². The van der Waals surface area contributed by atoms with Gasteiger partial charge in [0.2, 0.25) is 0 Å². The number of amides is 1. The fraction of sp³-hybridized carbons (Fsp3) is 0. The molecule has 6 heteroatoms. The van der Waals surface area contributed by atoms with Gasteiger partial charge in [0.25, 0.3) is 0 Å². The first-order valence-corrected chi connectivity index (χ1v) is 3.00. The van der Waals surface area contributed by atoms with Crippen molar-refractivity contribution in [2.75, 3.05) is 4.42 Å². The molecule has 0 bridgehead atoms. The molecule has 0 aliphatic rings. The second-order valence-corrected chi connectivity index (χ2v) is 1.97. The number of rotatable bonds is 1. The summed E-state index contributed by atoms with van der Waals surface area (Å²) in [4.78, 5) is 17.4. The van der Waals surface area contributed by atoms with Crippen LogP contribution >= 0.6 is 11.8 Å². The third kappa shape index (κ3) is 1.78. The molecule has 1 rings (SSSR count). The SMILES string of the molecule is O=C(O)N(Cl)c1ccncn1. The van der Waals surface area contributed by atoms with Crippen LogP contribution in [-0.2, 0) is 0 Å². The van der Waals surface area contributed by atoms with Crippen LogP contribution in [0.4, 0.5) is 10.6 Å². The van der Waals surface area contributed by atoms with Gasteiger partial charge >= 0.3 is 6.09 Å². The van der Waals surface area contributed by atoms with Gasteiger partial charge in [-0.2, -0.15) is 4.42 Å². The summed E-state index contributed by atoms with van der Waals surface area (Å²) < 4.78 is 0.488. The summed E-state index contributed by atoms with van der Waals surface area (Å²) >= 11 is 5.28. The summed E-state index contributed by atoms with van der Waals surface area (Å²) in [6.45, 7) is 0. The lowest BCUT2D eigenvalue weighted by Gasteiger charge is -2.05. The Kier molecular flexibility index (Phi) is 2.22. The summed E-state index contributed by atoms with van der Waals surface area (Å²) in [7, 11) is 0. The summed E-state index contributed by atoms with van der Waals surface area (Å²) in [6, 6.07) is 1.39. The number of nitrogens with zero attached hydrogens (tertiary/aromatic N) is 3. The lowest BCUT2D eigenvalue weighted by molar-refractivity contribution is 0.206. The highest BCUT2D eigenvalue weighted by Gasteiger charge is 2.10. The highest BCUT2D eigenvalue weighted by atomic mass is 35.5. The van der Waals surface area contributed by atoms with E-state index in [0.717, 1.165) is 0 Å². The van der Waals surface area contributed by atoms with Gasteiger partial charge in [0.05, 0.1) is 0 Å². The lowest BCUT2D eigenvalue weighted by Crippen LogP contribution is -2.18. The minimum Gasteiger partial charge on any atom is -0.464 e. The van der Waals surface area contributed by atoms with Gasteiger partial charge in [0.15, 0.2) is 5.82 Å². The highest BCUT2D eigenvalue weighted by molar-refractivity contribution is 6.34. The Morgan fingerprint density at radius 3 is 2.91 bits per heavy atom. The van der Waals surface area contributed by atoms with Crippen LogP contribution in [0, 0.1) is 0 Å². The van der Waals surface area contributed by atoms with Crippen molar-refractivity contribution in [1.82, 2.24) is 9.97 Å². The fourth-order valence-electron chi connectivity index (χ4n) is 0.498. The van der Waals surface area contributed by atoms with E-state index < -0.39 is 6.09 Å². The molecule has 11 heavy (non-hydrogen) atoms. The maximum absolute atomic E-state index is 10.2. The quantitative estimate of drug-likeness (QED) is 0.647. The van der Waals surface area contributed by atoms with Crippen molar-refractivity contribution >= 4 is 23.7 Å². The summed E-state index contributed by atoms with van der Waals surface area (Å²) in [5.74, 6) is 0.133. The lowest BCUT2D eigenvalue weighted by atomic mass is 10.6. The minimum absolute atomic E-state index is 0.133. The molecule has 0 saturated carbocycles. The Morgan fingerprint density at radius 2 is 2.45 bits per heavy atom. The number of carbonyl (C=O) groups is 1. The summed E-state index contributed by atoms with van der Waals surface area (Å²) in [6.07, 6.45) is 1.35. The Hall–Kier alpha value is -1.36. The molecule has 1 N–H and O–H groups in total. The van der Waals surface area contributed by atoms with Crippen molar-refractivity contribution in [3.63, 3.8) is 0 Å². The molecule has 58 valence electrons. The van der Waals surface area contributed by atoms with Crippen LogP contribution in [0.3, 0.4) is 0 Å². The Labute approximate surface area is 67.4 Å². The average Bonchev–Trinajstić information content (AvgIpc) is 2.05. The third-order valence-corrected chi connectivity index (χ3v) is 1.25. The molecule has 1 aromatic rings. The Bertz CT molecular complexity index is 253. The number of hydrogen-bond acceptors (Lipinski definition) is 3. The molecule has 0 aromatic carbocycles. The minimum atomic E-state index is -1.27. The summed E-state index contributed by atoms with van der Waals surface area (Å²) in [5.41, 5.74) is 0. The third-order valence-electron chi connectivity index (χ3n) is 0.935. The van der Waals surface area contributed by atoms with Gasteiger partial charge in [-0.3, -0.25) is 0 Å². The van der Waals surface area contributed by atoms with Gasteiger partial charge in [-0.25, -0.2) is 14.8 Å². The first kappa shape index (κ1) is 7.74. The number of anilines is 1. The highest BCUT2D eigenvalue weighted by Crippen LogP contribution is 2.10. The van der Waals surface area contributed by atoms with Crippen molar-refractivity contribution in [1.29, 1.82) is 0 Å². The molecule has 0 saturated heterocycles. The van der Waals surface area contributed by atoms with Crippen molar-refractivity contribution < 1.29 is 9.90 Å². The molecular weight excluding hydrogens is 170 g/mol. The van der Waals surface area contributed by atoms with Gasteiger partial charge in [-0.1, -0.05) is 0 Å².